The van der Waals surface area contributed by atoms with Gasteiger partial charge in [0.1, 0.15) is 18.2 Å². The smallest absolute Gasteiger partial charge is 0.216 e. The zero-order chi connectivity index (χ0) is 30.1. The van der Waals surface area contributed by atoms with Crippen molar-refractivity contribution in [2.24, 2.45) is 7.05 Å². The second-order valence-electron chi connectivity index (χ2n) is 12.5. The summed E-state index contributed by atoms with van der Waals surface area (Å²) in [6.45, 7) is 10.9. The number of benzene rings is 3. The van der Waals surface area contributed by atoms with Crippen LogP contribution >= 0.6 is 11.3 Å². The highest BCUT2D eigenvalue weighted by molar-refractivity contribution is 7.17. The van der Waals surface area contributed by atoms with Gasteiger partial charge in [-0.1, -0.05) is 36.9 Å². The van der Waals surface area contributed by atoms with Gasteiger partial charge in [-0.3, -0.25) is 0 Å². The van der Waals surface area contributed by atoms with Crippen LogP contribution in [0.25, 0.3) is 54.5 Å². The van der Waals surface area contributed by atoms with Gasteiger partial charge in [0, 0.05) is 44.3 Å². The van der Waals surface area contributed by atoms with E-state index in [2.05, 4.69) is 140 Å². The fourth-order valence-electron chi connectivity index (χ4n) is 7.41. The van der Waals surface area contributed by atoms with E-state index in [0.29, 0.717) is 5.92 Å². The van der Waals surface area contributed by atoms with E-state index in [9.17, 15) is 0 Å². The normalized spacial score (nSPS) is 16.0. The second kappa shape index (κ2) is 10.3. The summed E-state index contributed by atoms with van der Waals surface area (Å²) in [5, 5.41) is 5.79. The molecule has 3 aromatic carbocycles. The highest BCUT2D eigenvalue weighted by Crippen LogP contribution is 2.44. The molecule has 1 aliphatic rings. The average Bonchev–Trinajstić information content (AvgIpc) is 3.63. The van der Waals surface area contributed by atoms with Gasteiger partial charge in [-0.2, -0.15) is 4.57 Å². The molecule has 0 saturated heterocycles. The Kier molecular flexibility index (Phi) is 6.32. The van der Waals surface area contributed by atoms with E-state index < -0.39 is 0 Å². The Hall–Kier alpha value is -4.54. The summed E-state index contributed by atoms with van der Waals surface area (Å²) < 4.78 is 12.8. The molecule has 2 atom stereocenters. The maximum atomic E-state index is 6.80. The lowest BCUT2D eigenvalue weighted by molar-refractivity contribution is -0.707. The topological polar surface area (TPSA) is 20.9 Å². The van der Waals surface area contributed by atoms with Gasteiger partial charge in [0.05, 0.1) is 11.5 Å². The molecule has 0 saturated carbocycles. The molecule has 44 heavy (non-hydrogen) atoms. The fraction of sp³-hybridized carbons (Fsp3) is 0.200. The zero-order valence-corrected chi connectivity index (χ0v) is 26.5. The van der Waals surface area contributed by atoms with Crippen LogP contribution in [0.15, 0.2) is 108 Å². The lowest BCUT2D eigenvalue weighted by atomic mass is 9.79. The Morgan fingerprint density at radius 1 is 0.886 bits per heavy atom. The first-order valence-electron chi connectivity index (χ1n) is 15.5. The van der Waals surface area contributed by atoms with Crippen LogP contribution in [0.3, 0.4) is 0 Å². The number of furan rings is 1. The summed E-state index contributed by atoms with van der Waals surface area (Å²) in [4.78, 5) is 0. The maximum Gasteiger partial charge on any atom is 0.216 e. The Morgan fingerprint density at radius 3 is 2.61 bits per heavy atom. The monoisotopic (exact) mass is 592 g/mol. The Balaban J connectivity index is 1.29. The highest BCUT2D eigenvalue weighted by Gasteiger charge is 2.38. The van der Waals surface area contributed by atoms with Crippen molar-refractivity contribution in [2.75, 3.05) is 0 Å². The van der Waals surface area contributed by atoms with Crippen molar-refractivity contribution in [3.8, 4) is 22.5 Å². The molecule has 7 aromatic rings. The van der Waals surface area contributed by atoms with Gasteiger partial charge in [-0.05, 0) is 97.5 Å². The molecule has 4 heteroatoms. The summed E-state index contributed by atoms with van der Waals surface area (Å²) in [6.07, 6.45) is 8.59. The molecule has 0 N–H and O–H groups in total. The van der Waals surface area contributed by atoms with E-state index >= 15 is 0 Å². The molecule has 0 spiro atoms. The molecule has 0 amide bonds. The van der Waals surface area contributed by atoms with Crippen LogP contribution in [0.5, 0.6) is 0 Å². The Labute approximate surface area is 262 Å². The quantitative estimate of drug-likeness (QED) is 0.144. The Morgan fingerprint density at radius 2 is 1.75 bits per heavy atom. The molecule has 8 rings (SSSR count). The Bertz CT molecular complexity index is 2270. The molecule has 3 nitrogen and oxygen atoms in total. The zero-order valence-electron chi connectivity index (χ0n) is 25.7. The first-order chi connectivity index (χ1) is 21.4. The number of nitrogens with zero attached hydrogens (tertiary/aromatic N) is 2. The van der Waals surface area contributed by atoms with Crippen molar-refractivity contribution in [3.63, 3.8) is 0 Å². The van der Waals surface area contributed by atoms with E-state index in [1.807, 2.05) is 0 Å². The van der Waals surface area contributed by atoms with E-state index in [1.165, 1.54) is 71.2 Å². The van der Waals surface area contributed by atoms with Crippen molar-refractivity contribution in [2.45, 2.75) is 45.6 Å². The minimum absolute atomic E-state index is 0.184. The van der Waals surface area contributed by atoms with Crippen molar-refractivity contribution in [1.29, 1.82) is 0 Å². The molecule has 0 bridgehead atoms. The number of aryl methyl sites for hydroxylation is 5. The lowest BCUT2D eigenvalue weighted by Crippen LogP contribution is -2.46. The summed E-state index contributed by atoms with van der Waals surface area (Å²) in [5.74, 6) is 0.308. The number of fused-ring (bicyclic) bond motifs is 7. The SMILES string of the molecule is C=CC1C(CCc2ccc3c(oc4cc5sccc5cc43)c2-c2cc(C)c(C)c[n+]2C)c2ccccc2-c2ccc(C)c[n+]21. The predicted octanol–water partition coefficient (Wildman–Crippen LogP) is 9.63. The van der Waals surface area contributed by atoms with Crippen LogP contribution in [0, 0.1) is 20.8 Å². The molecule has 0 radical (unpaired) electrons. The van der Waals surface area contributed by atoms with Gasteiger partial charge in [0.25, 0.3) is 0 Å². The van der Waals surface area contributed by atoms with Gasteiger partial charge in [0.15, 0.2) is 18.4 Å². The van der Waals surface area contributed by atoms with Crippen molar-refractivity contribution >= 4 is 43.4 Å². The molecule has 0 aliphatic carbocycles. The van der Waals surface area contributed by atoms with Gasteiger partial charge >= 0.3 is 0 Å². The van der Waals surface area contributed by atoms with Crippen LogP contribution in [0.4, 0.5) is 0 Å². The highest BCUT2D eigenvalue weighted by atomic mass is 32.1. The molecule has 1 aliphatic heterocycles. The molecule has 0 fully saturated rings. The van der Waals surface area contributed by atoms with Gasteiger partial charge in [0.2, 0.25) is 11.4 Å². The van der Waals surface area contributed by atoms with Crippen LogP contribution in [-0.2, 0) is 13.5 Å². The number of thiophene rings is 1. The molecule has 4 aromatic heterocycles. The molecular formula is C40H36N2OS+2. The largest absolute Gasteiger partial charge is 0.455 e. The molecule has 216 valence electrons. The third-order valence-electron chi connectivity index (χ3n) is 9.76. The number of hydrogen-bond acceptors (Lipinski definition) is 2. The van der Waals surface area contributed by atoms with Gasteiger partial charge < -0.3 is 4.42 Å². The number of rotatable bonds is 5. The number of allylic oxidation sites excluding steroid dienone is 1. The molecule has 2 unspecified atom stereocenters. The lowest BCUT2D eigenvalue weighted by Gasteiger charge is -2.29. The standard InChI is InChI=1S/C40H36N2OS/c1-6-34-31(29-9-7-8-10-30(29)35-16-11-24(2)22-42(34)35)14-12-27-13-15-32-33-20-28-17-18-44-38(28)21-37(33)43-40(32)39(27)36-19-25(3)26(4)23-41(36)5/h6-11,13,15-23,31,34H,1,12,14H2,2-5H3/q+2. The third-order valence-corrected chi connectivity index (χ3v) is 10.6. The average molecular weight is 593 g/mol. The van der Waals surface area contributed by atoms with Crippen LogP contribution in [0.1, 0.15) is 46.2 Å². The van der Waals surface area contributed by atoms with Crippen molar-refractivity contribution in [1.82, 2.24) is 0 Å². The van der Waals surface area contributed by atoms with E-state index in [1.54, 1.807) is 11.3 Å². The predicted molar refractivity (Wildman–Crippen MR) is 182 cm³/mol. The fourth-order valence-corrected chi connectivity index (χ4v) is 8.21. The second-order valence-corrected chi connectivity index (χ2v) is 13.4. The third kappa shape index (κ3) is 4.16. The maximum absolute atomic E-state index is 6.80. The first-order valence-corrected chi connectivity index (χ1v) is 16.4. The first kappa shape index (κ1) is 27.0. The van der Waals surface area contributed by atoms with E-state index in [-0.39, 0.29) is 6.04 Å². The molecule has 5 heterocycles. The minimum atomic E-state index is 0.184. The van der Waals surface area contributed by atoms with Crippen molar-refractivity contribution in [3.05, 3.63) is 131 Å². The number of hydrogen-bond donors (Lipinski definition) is 0. The van der Waals surface area contributed by atoms with E-state index in [4.69, 9.17) is 4.42 Å². The molecular weight excluding hydrogens is 557 g/mol. The van der Waals surface area contributed by atoms with Gasteiger partial charge in [-0.15, -0.1) is 11.3 Å². The summed E-state index contributed by atoms with van der Waals surface area (Å²) in [6, 6.07) is 27.3. The summed E-state index contributed by atoms with van der Waals surface area (Å²) in [5.41, 5.74) is 13.5. The van der Waals surface area contributed by atoms with E-state index in [0.717, 1.165) is 24.0 Å². The number of pyridine rings is 2. The van der Waals surface area contributed by atoms with Gasteiger partial charge in [-0.25, -0.2) is 4.57 Å². The van der Waals surface area contributed by atoms with Crippen molar-refractivity contribution < 1.29 is 13.6 Å². The summed E-state index contributed by atoms with van der Waals surface area (Å²) in [7, 11) is 2.16. The minimum Gasteiger partial charge on any atom is -0.455 e. The number of aromatic nitrogens is 2. The van der Waals surface area contributed by atoms with Crippen LogP contribution in [0.2, 0.25) is 0 Å². The van der Waals surface area contributed by atoms with Crippen LogP contribution < -0.4 is 9.13 Å². The summed E-state index contributed by atoms with van der Waals surface area (Å²) >= 11 is 1.76. The van der Waals surface area contributed by atoms with Crippen LogP contribution in [-0.4, -0.2) is 0 Å².